The van der Waals surface area contributed by atoms with Crippen LogP contribution in [0.1, 0.15) is 51.4 Å². The van der Waals surface area contributed by atoms with Crippen molar-refractivity contribution in [1.29, 1.82) is 0 Å². The van der Waals surface area contributed by atoms with Gasteiger partial charge in [0.05, 0.1) is 5.54 Å². The first-order chi connectivity index (χ1) is 7.80. The van der Waals surface area contributed by atoms with Crippen LogP contribution in [0, 0.1) is 5.92 Å². The van der Waals surface area contributed by atoms with Gasteiger partial charge in [-0.15, -0.1) is 0 Å². The Balaban J connectivity index is 1.68. The molecule has 3 heteroatoms. The molecule has 0 aromatic rings. The van der Waals surface area contributed by atoms with Gasteiger partial charge in [-0.2, -0.15) is 0 Å². The molecule has 3 rings (SSSR count). The molecule has 1 saturated heterocycles. The van der Waals surface area contributed by atoms with E-state index in [1.807, 2.05) is 0 Å². The van der Waals surface area contributed by atoms with Gasteiger partial charge in [0.25, 0.3) is 0 Å². The molecule has 2 unspecified atom stereocenters. The zero-order chi connectivity index (χ0) is 11.0. The van der Waals surface area contributed by atoms with E-state index in [0.29, 0.717) is 17.9 Å². The lowest BCUT2D eigenvalue weighted by atomic mass is 9.76. The summed E-state index contributed by atoms with van der Waals surface area (Å²) in [6, 6.07) is 0.547. The molecular formula is C13H22N2O. The molecule has 2 N–H and O–H groups in total. The van der Waals surface area contributed by atoms with Gasteiger partial charge < -0.3 is 10.6 Å². The molecule has 2 atom stereocenters. The summed E-state index contributed by atoms with van der Waals surface area (Å²) in [6.45, 7) is 1.08. The first-order valence-corrected chi connectivity index (χ1v) is 6.86. The van der Waals surface area contributed by atoms with Crippen molar-refractivity contribution < 1.29 is 4.79 Å². The fourth-order valence-corrected chi connectivity index (χ4v) is 3.54. The van der Waals surface area contributed by atoms with E-state index >= 15 is 0 Å². The van der Waals surface area contributed by atoms with Crippen LogP contribution in [0.3, 0.4) is 0 Å². The van der Waals surface area contributed by atoms with Crippen LogP contribution in [-0.2, 0) is 4.79 Å². The minimum atomic E-state index is 0.116. The predicted octanol–water partition coefficient (Wildman–Crippen LogP) is 1.58. The Morgan fingerprint density at radius 3 is 2.75 bits per heavy atom. The Hall–Kier alpha value is -0.570. The van der Waals surface area contributed by atoms with Crippen molar-refractivity contribution in [1.82, 2.24) is 10.6 Å². The van der Waals surface area contributed by atoms with Crippen molar-refractivity contribution in [2.45, 2.75) is 62.9 Å². The Labute approximate surface area is 97.4 Å². The molecule has 2 aliphatic carbocycles. The normalized spacial score (nSPS) is 38.9. The molecule has 0 aromatic heterocycles. The van der Waals surface area contributed by atoms with Crippen LogP contribution < -0.4 is 10.6 Å². The summed E-state index contributed by atoms with van der Waals surface area (Å²) in [4.78, 5) is 12.1. The highest BCUT2D eigenvalue weighted by molar-refractivity contribution is 5.80. The van der Waals surface area contributed by atoms with E-state index in [4.69, 9.17) is 0 Å². The van der Waals surface area contributed by atoms with Gasteiger partial charge in [0.2, 0.25) is 5.91 Å². The molecule has 0 bridgehead atoms. The Morgan fingerprint density at radius 1 is 1.12 bits per heavy atom. The number of hydrogen-bond donors (Lipinski definition) is 2. The summed E-state index contributed by atoms with van der Waals surface area (Å²) in [7, 11) is 0. The molecular weight excluding hydrogens is 200 g/mol. The summed E-state index contributed by atoms with van der Waals surface area (Å²) in [6.07, 6.45) is 9.62. The molecule has 0 spiro atoms. The van der Waals surface area contributed by atoms with E-state index < -0.39 is 0 Å². The summed E-state index contributed by atoms with van der Waals surface area (Å²) in [5.41, 5.74) is 0.116. The first-order valence-electron chi connectivity index (χ1n) is 6.86. The molecule has 90 valence electrons. The molecule has 1 aliphatic heterocycles. The third kappa shape index (κ3) is 1.65. The molecule has 3 fully saturated rings. The summed E-state index contributed by atoms with van der Waals surface area (Å²) in [5.74, 6) is 0.666. The number of fused-ring (bicyclic) bond motifs is 1. The molecule has 1 amide bonds. The van der Waals surface area contributed by atoms with Gasteiger partial charge in [-0.05, 0) is 38.6 Å². The van der Waals surface area contributed by atoms with Crippen LogP contribution >= 0.6 is 0 Å². The molecule has 3 aliphatic rings. The Bertz CT molecular complexity index is 288. The third-order valence-corrected chi connectivity index (χ3v) is 4.84. The fourth-order valence-electron chi connectivity index (χ4n) is 3.54. The highest BCUT2D eigenvalue weighted by atomic mass is 16.2. The van der Waals surface area contributed by atoms with Crippen molar-refractivity contribution in [3.63, 3.8) is 0 Å². The smallest absolute Gasteiger partial charge is 0.223 e. The van der Waals surface area contributed by atoms with Crippen molar-refractivity contribution in [3.8, 4) is 0 Å². The van der Waals surface area contributed by atoms with Gasteiger partial charge in [0.1, 0.15) is 0 Å². The van der Waals surface area contributed by atoms with Crippen molar-refractivity contribution in [2.75, 3.05) is 6.54 Å². The summed E-state index contributed by atoms with van der Waals surface area (Å²) < 4.78 is 0. The highest BCUT2D eigenvalue weighted by Gasteiger charge is 2.46. The van der Waals surface area contributed by atoms with E-state index in [-0.39, 0.29) is 5.54 Å². The molecule has 0 aromatic carbocycles. The maximum atomic E-state index is 12.1. The lowest BCUT2D eigenvalue weighted by Gasteiger charge is -2.41. The second kappa shape index (κ2) is 4.02. The Kier molecular flexibility index (Phi) is 2.66. The summed E-state index contributed by atoms with van der Waals surface area (Å²) in [5, 5.41) is 6.96. The molecule has 3 nitrogen and oxygen atoms in total. The average Bonchev–Trinajstić information content (AvgIpc) is 2.57. The zero-order valence-corrected chi connectivity index (χ0v) is 9.93. The minimum absolute atomic E-state index is 0.116. The maximum Gasteiger partial charge on any atom is 0.223 e. The monoisotopic (exact) mass is 222 g/mol. The number of carbonyl (C=O) groups is 1. The van der Waals surface area contributed by atoms with Crippen LogP contribution in [0.15, 0.2) is 0 Å². The standard InChI is InChI=1S/C13H22N2O/c16-12(10-4-3-5-10)15-13-7-2-1-6-11(13)14-9-8-13/h10-11,14H,1-9H2,(H,15,16). The molecule has 1 heterocycles. The van der Waals surface area contributed by atoms with E-state index in [2.05, 4.69) is 10.6 Å². The van der Waals surface area contributed by atoms with Gasteiger partial charge in [-0.25, -0.2) is 0 Å². The third-order valence-electron chi connectivity index (χ3n) is 4.84. The lowest BCUT2D eigenvalue weighted by molar-refractivity contribution is -0.130. The van der Waals surface area contributed by atoms with Crippen LogP contribution in [-0.4, -0.2) is 24.0 Å². The van der Waals surface area contributed by atoms with Crippen LogP contribution in [0.2, 0.25) is 0 Å². The van der Waals surface area contributed by atoms with Crippen molar-refractivity contribution in [3.05, 3.63) is 0 Å². The molecule has 2 saturated carbocycles. The number of rotatable bonds is 2. The second-order valence-electron chi connectivity index (χ2n) is 5.78. The maximum absolute atomic E-state index is 12.1. The number of amides is 1. The largest absolute Gasteiger partial charge is 0.349 e. The predicted molar refractivity (Wildman–Crippen MR) is 63.1 cm³/mol. The number of hydrogen-bond acceptors (Lipinski definition) is 2. The Morgan fingerprint density at radius 2 is 2.00 bits per heavy atom. The van der Waals surface area contributed by atoms with Gasteiger partial charge >= 0.3 is 0 Å². The number of nitrogens with one attached hydrogen (secondary N) is 2. The van der Waals surface area contributed by atoms with Crippen LogP contribution in [0.25, 0.3) is 0 Å². The van der Waals surface area contributed by atoms with Gasteiger partial charge in [0.15, 0.2) is 0 Å². The summed E-state index contributed by atoms with van der Waals surface area (Å²) >= 11 is 0. The van der Waals surface area contributed by atoms with Crippen molar-refractivity contribution >= 4 is 5.91 Å². The highest BCUT2D eigenvalue weighted by Crippen LogP contribution is 2.36. The number of carbonyl (C=O) groups excluding carboxylic acids is 1. The van der Waals surface area contributed by atoms with Gasteiger partial charge in [-0.3, -0.25) is 4.79 Å². The van der Waals surface area contributed by atoms with Crippen LogP contribution in [0.4, 0.5) is 0 Å². The topological polar surface area (TPSA) is 41.1 Å². The van der Waals surface area contributed by atoms with E-state index in [1.54, 1.807) is 0 Å². The van der Waals surface area contributed by atoms with Crippen molar-refractivity contribution in [2.24, 2.45) is 5.92 Å². The van der Waals surface area contributed by atoms with E-state index in [9.17, 15) is 4.79 Å². The van der Waals surface area contributed by atoms with Gasteiger partial charge in [-0.1, -0.05) is 19.3 Å². The van der Waals surface area contributed by atoms with Gasteiger partial charge in [0, 0.05) is 12.0 Å². The van der Waals surface area contributed by atoms with Crippen LogP contribution in [0.5, 0.6) is 0 Å². The quantitative estimate of drug-likeness (QED) is 0.745. The van der Waals surface area contributed by atoms with E-state index in [1.165, 1.54) is 32.1 Å². The fraction of sp³-hybridized carbons (Fsp3) is 0.923. The zero-order valence-electron chi connectivity index (χ0n) is 9.93. The SMILES string of the molecule is O=C(NC12CCCCC1NCC2)C1CCC1. The minimum Gasteiger partial charge on any atom is -0.349 e. The molecule has 0 radical (unpaired) electrons. The first kappa shape index (κ1) is 10.6. The average molecular weight is 222 g/mol. The molecule has 16 heavy (non-hydrogen) atoms. The van der Waals surface area contributed by atoms with E-state index in [0.717, 1.165) is 25.8 Å². The second-order valence-corrected chi connectivity index (χ2v) is 5.78. The lowest BCUT2D eigenvalue weighted by Crippen LogP contribution is -2.59.